The molecule has 1 aromatic rings. The molecule has 0 bridgehead atoms. The number of rotatable bonds is 6. The van der Waals surface area contributed by atoms with Crippen LogP contribution in [-0.4, -0.2) is 43.8 Å². The second kappa shape index (κ2) is 9.37. The Balaban J connectivity index is 0.00000364. The van der Waals surface area contributed by atoms with Crippen molar-refractivity contribution in [1.29, 1.82) is 0 Å². The number of hydrogen-bond donors (Lipinski definition) is 2. The minimum Gasteiger partial charge on any atom is -0.345 e. The Morgan fingerprint density at radius 1 is 1.26 bits per heavy atom. The van der Waals surface area contributed by atoms with Gasteiger partial charge in [-0.2, -0.15) is 4.31 Å². The molecule has 0 aromatic heterocycles. The highest BCUT2D eigenvalue weighted by atomic mass is 35.5. The minimum absolute atomic E-state index is 0. The number of nitrogens with two attached hydrogens (primary N) is 1. The third kappa shape index (κ3) is 5.22. The topological polar surface area (TPSA) is 92.5 Å². The molecule has 3 N–H and O–H groups in total. The lowest BCUT2D eigenvalue weighted by atomic mass is 9.88. The number of carbonyl (C=O) groups is 1. The summed E-state index contributed by atoms with van der Waals surface area (Å²) in [6.07, 6.45) is 2.81. The molecule has 1 saturated heterocycles. The van der Waals surface area contributed by atoms with Gasteiger partial charge in [0.15, 0.2) is 0 Å². The summed E-state index contributed by atoms with van der Waals surface area (Å²) in [6, 6.07) is 4.77. The lowest BCUT2D eigenvalue weighted by Gasteiger charge is -2.33. The normalized spacial score (nSPS) is 17.9. The summed E-state index contributed by atoms with van der Waals surface area (Å²) in [6.45, 7) is 9.09. The average molecular weight is 418 g/mol. The fourth-order valence-corrected chi connectivity index (χ4v) is 4.56. The summed E-state index contributed by atoms with van der Waals surface area (Å²) in [7, 11) is -3.57. The number of nitrogens with zero attached hydrogens (tertiary/aromatic N) is 1. The predicted octanol–water partition coefficient (Wildman–Crippen LogP) is 2.69. The molecule has 2 rings (SSSR count). The predicted molar refractivity (Wildman–Crippen MR) is 111 cm³/mol. The van der Waals surface area contributed by atoms with Gasteiger partial charge in [0.1, 0.15) is 0 Å². The number of benzene rings is 1. The van der Waals surface area contributed by atoms with Crippen LogP contribution in [0, 0.1) is 12.8 Å². The number of hydrogen-bond acceptors (Lipinski definition) is 4. The highest BCUT2D eigenvalue weighted by Crippen LogP contribution is 2.24. The molecule has 0 saturated carbocycles. The van der Waals surface area contributed by atoms with Crippen molar-refractivity contribution in [2.24, 2.45) is 11.7 Å². The molecule has 1 aromatic carbocycles. The zero-order valence-corrected chi connectivity index (χ0v) is 18.3. The van der Waals surface area contributed by atoms with Crippen LogP contribution in [0.3, 0.4) is 0 Å². The Morgan fingerprint density at radius 3 is 2.37 bits per heavy atom. The maximum absolute atomic E-state index is 12.9. The lowest BCUT2D eigenvalue weighted by Crippen LogP contribution is -2.55. The summed E-state index contributed by atoms with van der Waals surface area (Å²) < 4.78 is 27.3. The molecule has 1 aliphatic rings. The van der Waals surface area contributed by atoms with Crippen molar-refractivity contribution >= 4 is 28.3 Å². The fourth-order valence-electron chi connectivity index (χ4n) is 3.02. The van der Waals surface area contributed by atoms with Crippen molar-refractivity contribution in [3.8, 4) is 0 Å². The van der Waals surface area contributed by atoms with E-state index in [-0.39, 0.29) is 29.1 Å². The van der Waals surface area contributed by atoms with Gasteiger partial charge in [-0.25, -0.2) is 8.42 Å². The Kier molecular flexibility index (Phi) is 8.29. The molecule has 1 heterocycles. The van der Waals surface area contributed by atoms with Crippen LogP contribution < -0.4 is 11.1 Å². The van der Waals surface area contributed by atoms with Gasteiger partial charge in [-0.3, -0.25) is 4.79 Å². The second-order valence-electron chi connectivity index (χ2n) is 7.67. The van der Waals surface area contributed by atoms with E-state index in [1.54, 1.807) is 19.1 Å². The number of halogens is 1. The third-order valence-corrected chi connectivity index (χ3v) is 7.40. The van der Waals surface area contributed by atoms with E-state index in [0.717, 1.165) is 24.8 Å². The van der Waals surface area contributed by atoms with Crippen molar-refractivity contribution in [1.82, 2.24) is 9.62 Å². The van der Waals surface area contributed by atoms with E-state index in [4.69, 9.17) is 5.73 Å². The van der Waals surface area contributed by atoms with E-state index >= 15 is 0 Å². The average Bonchev–Trinajstić information content (AvgIpc) is 2.62. The zero-order chi connectivity index (χ0) is 19.5. The molecule has 154 valence electrons. The van der Waals surface area contributed by atoms with Crippen molar-refractivity contribution in [2.75, 3.05) is 19.6 Å². The molecule has 0 spiro atoms. The van der Waals surface area contributed by atoms with E-state index < -0.39 is 15.6 Å². The first-order valence-corrected chi connectivity index (χ1v) is 10.7. The summed E-state index contributed by atoms with van der Waals surface area (Å²) >= 11 is 0. The van der Waals surface area contributed by atoms with E-state index in [2.05, 4.69) is 5.32 Å². The Labute approximate surface area is 169 Å². The van der Waals surface area contributed by atoms with Gasteiger partial charge in [0.05, 0.1) is 10.4 Å². The molecular weight excluding hydrogens is 386 g/mol. The Hall–Kier alpha value is -1.15. The molecule has 1 unspecified atom stereocenters. The molecule has 1 amide bonds. The van der Waals surface area contributed by atoms with Gasteiger partial charge in [0, 0.05) is 25.2 Å². The van der Waals surface area contributed by atoms with Crippen molar-refractivity contribution in [3.63, 3.8) is 0 Å². The number of amides is 1. The molecular formula is C19H32ClN3O3S. The van der Waals surface area contributed by atoms with Gasteiger partial charge in [0.25, 0.3) is 5.91 Å². The van der Waals surface area contributed by atoms with Crippen LogP contribution >= 0.6 is 12.4 Å². The first-order chi connectivity index (χ1) is 12.1. The van der Waals surface area contributed by atoms with Crippen molar-refractivity contribution in [2.45, 2.75) is 57.4 Å². The summed E-state index contributed by atoms with van der Waals surface area (Å²) in [5.74, 6) is -0.142. The molecule has 1 fully saturated rings. The van der Waals surface area contributed by atoms with Crippen LogP contribution in [0.25, 0.3) is 0 Å². The van der Waals surface area contributed by atoms with Gasteiger partial charge in [-0.15, -0.1) is 12.4 Å². The van der Waals surface area contributed by atoms with E-state index in [0.29, 0.717) is 25.2 Å². The monoisotopic (exact) mass is 417 g/mol. The second-order valence-corrected chi connectivity index (χ2v) is 9.61. The molecule has 8 heteroatoms. The minimum atomic E-state index is -3.57. The lowest BCUT2D eigenvalue weighted by molar-refractivity contribution is 0.0882. The maximum Gasteiger partial charge on any atom is 0.252 e. The first kappa shape index (κ1) is 23.9. The van der Waals surface area contributed by atoms with Crippen LogP contribution in [-0.2, 0) is 10.0 Å². The van der Waals surface area contributed by atoms with Crippen LogP contribution in [0.1, 0.15) is 56.0 Å². The Bertz CT molecular complexity index is 761. The molecule has 0 aliphatic carbocycles. The highest BCUT2D eigenvalue weighted by Gasteiger charge is 2.31. The van der Waals surface area contributed by atoms with Crippen LogP contribution in [0.15, 0.2) is 23.1 Å². The first-order valence-electron chi connectivity index (χ1n) is 9.25. The largest absolute Gasteiger partial charge is 0.345 e. The number of nitrogens with one attached hydrogen (secondary N) is 1. The van der Waals surface area contributed by atoms with Gasteiger partial charge in [-0.05, 0) is 50.3 Å². The third-order valence-electron chi connectivity index (χ3n) is 5.50. The standard InChI is InChI=1S/C19H31N3O3S.ClH/c1-14(2)19(4,13-20)21-18(23)17-12-16(9-8-15(17)3)26(24,25)22-10-6-5-7-11-22;/h8-9,12,14H,5-7,10-11,13,20H2,1-4H3,(H,21,23);1H. The maximum atomic E-state index is 12.9. The number of piperidine rings is 1. The highest BCUT2D eigenvalue weighted by molar-refractivity contribution is 7.89. The van der Waals surface area contributed by atoms with Gasteiger partial charge in [0.2, 0.25) is 10.0 Å². The zero-order valence-electron chi connectivity index (χ0n) is 16.6. The van der Waals surface area contributed by atoms with Crippen molar-refractivity contribution < 1.29 is 13.2 Å². The van der Waals surface area contributed by atoms with E-state index in [1.165, 1.54) is 10.4 Å². The fraction of sp³-hybridized carbons (Fsp3) is 0.632. The molecule has 1 aliphatic heterocycles. The SMILES string of the molecule is Cc1ccc(S(=O)(=O)N2CCCCC2)cc1C(=O)NC(C)(CN)C(C)C.Cl. The van der Waals surface area contributed by atoms with Gasteiger partial charge < -0.3 is 11.1 Å². The number of carbonyl (C=O) groups excluding carboxylic acids is 1. The molecule has 27 heavy (non-hydrogen) atoms. The summed E-state index contributed by atoms with van der Waals surface area (Å²) in [5, 5.41) is 2.99. The van der Waals surface area contributed by atoms with Gasteiger partial charge in [-0.1, -0.05) is 26.3 Å². The molecule has 1 atom stereocenters. The quantitative estimate of drug-likeness (QED) is 0.744. The number of sulfonamides is 1. The summed E-state index contributed by atoms with van der Waals surface area (Å²) in [5.41, 5.74) is 6.42. The molecule has 6 nitrogen and oxygen atoms in total. The van der Waals surface area contributed by atoms with Gasteiger partial charge >= 0.3 is 0 Å². The summed E-state index contributed by atoms with van der Waals surface area (Å²) in [4.78, 5) is 13.0. The van der Waals surface area contributed by atoms with Crippen LogP contribution in [0.4, 0.5) is 0 Å². The van der Waals surface area contributed by atoms with E-state index in [1.807, 2.05) is 20.8 Å². The smallest absolute Gasteiger partial charge is 0.252 e. The van der Waals surface area contributed by atoms with Crippen molar-refractivity contribution in [3.05, 3.63) is 29.3 Å². The van der Waals surface area contributed by atoms with Crippen LogP contribution in [0.5, 0.6) is 0 Å². The molecule has 0 radical (unpaired) electrons. The number of aryl methyl sites for hydroxylation is 1. The Morgan fingerprint density at radius 2 is 1.85 bits per heavy atom. The van der Waals surface area contributed by atoms with E-state index in [9.17, 15) is 13.2 Å². The van der Waals surface area contributed by atoms with Crippen LogP contribution in [0.2, 0.25) is 0 Å².